The molecule has 1 aromatic rings. The Bertz CT molecular complexity index is 534. The van der Waals surface area contributed by atoms with Crippen LogP contribution in [0.15, 0.2) is 17.0 Å². The van der Waals surface area contributed by atoms with Crippen LogP contribution in [0.4, 0.5) is 0 Å². The largest absolute Gasteiger partial charge is 0.262 e. The summed E-state index contributed by atoms with van der Waals surface area (Å²) in [4.78, 5) is -0.131. The van der Waals surface area contributed by atoms with Crippen LogP contribution < -0.4 is 0 Å². The Morgan fingerprint density at radius 2 is 2.13 bits per heavy atom. The van der Waals surface area contributed by atoms with Gasteiger partial charge in [-0.25, -0.2) is 8.42 Å². The van der Waals surface area contributed by atoms with Crippen molar-refractivity contribution in [2.75, 3.05) is 0 Å². The molecule has 0 radical (unpaired) electrons. The molecule has 0 aliphatic rings. The number of hydrogen-bond acceptors (Lipinski definition) is 3. The van der Waals surface area contributed by atoms with Gasteiger partial charge in [0.05, 0.1) is 5.56 Å². The normalized spacial score (nSPS) is 11.1. The van der Waals surface area contributed by atoms with Gasteiger partial charge in [-0.15, -0.1) is 0 Å². The smallest absolute Gasteiger partial charge is 0.207 e. The second-order valence-electron chi connectivity index (χ2n) is 2.96. The summed E-state index contributed by atoms with van der Waals surface area (Å²) >= 11 is 3.25. The van der Waals surface area contributed by atoms with Gasteiger partial charge in [0, 0.05) is 16.0 Å². The first-order chi connectivity index (χ1) is 6.90. The van der Waals surface area contributed by atoms with Gasteiger partial charge in [-0.2, -0.15) is 5.26 Å². The van der Waals surface area contributed by atoms with E-state index in [-0.39, 0.29) is 10.5 Å². The predicted octanol–water partition coefficient (Wildman–Crippen LogP) is 2.69. The second-order valence-corrected chi connectivity index (χ2v) is 6.05. The summed E-state index contributed by atoms with van der Waals surface area (Å²) in [6.45, 7) is 1.77. The third kappa shape index (κ3) is 2.71. The lowest BCUT2D eigenvalue weighted by Gasteiger charge is -2.06. The molecule has 0 fully saturated rings. The first-order valence-electron chi connectivity index (χ1n) is 3.94. The van der Waals surface area contributed by atoms with E-state index in [9.17, 15) is 8.42 Å². The molecule has 0 heterocycles. The van der Waals surface area contributed by atoms with E-state index in [2.05, 4.69) is 15.9 Å². The Kier molecular flexibility index (Phi) is 3.77. The summed E-state index contributed by atoms with van der Waals surface area (Å²) in [6, 6.07) is 4.76. The summed E-state index contributed by atoms with van der Waals surface area (Å²) in [5.41, 5.74) is 1.73. The van der Waals surface area contributed by atoms with Crippen molar-refractivity contribution in [2.24, 2.45) is 0 Å². The van der Waals surface area contributed by atoms with Crippen molar-refractivity contribution in [3.8, 4) is 6.07 Å². The number of benzene rings is 1. The lowest BCUT2D eigenvalue weighted by atomic mass is 10.1. The first kappa shape index (κ1) is 12.5. The maximum atomic E-state index is 11.2. The zero-order valence-electron chi connectivity index (χ0n) is 7.79. The van der Waals surface area contributed by atoms with Crippen molar-refractivity contribution in [1.82, 2.24) is 0 Å². The molecular weight excluding hydrogens is 302 g/mol. The van der Waals surface area contributed by atoms with E-state index < -0.39 is 9.05 Å². The van der Waals surface area contributed by atoms with Crippen molar-refractivity contribution >= 4 is 35.7 Å². The van der Waals surface area contributed by atoms with Crippen LogP contribution in [-0.4, -0.2) is 8.42 Å². The second kappa shape index (κ2) is 4.52. The first-order valence-corrected chi connectivity index (χ1v) is 7.37. The number of alkyl halides is 1. The van der Waals surface area contributed by atoms with E-state index in [0.29, 0.717) is 5.33 Å². The van der Waals surface area contributed by atoms with Crippen LogP contribution in [0.1, 0.15) is 16.7 Å². The molecule has 0 bridgehead atoms. The van der Waals surface area contributed by atoms with Crippen LogP contribution in [0, 0.1) is 18.3 Å². The van der Waals surface area contributed by atoms with Crippen molar-refractivity contribution in [1.29, 1.82) is 5.26 Å². The van der Waals surface area contributed by atoms with Gasteiger partial charge in [-0.05, 0) is 30.2 Å². The lowest BCUT2D eigenvalue weighted by Crippen LogP contribution is -1.98. The molecular formula is C9H7BrClNO2S. The van der Waals surface area contributed by atoms with Gasteiger partial charge >= 0.3 is 0 Å². The summed E-state index contributed by atoms with van der Waals surface area (Å²) in [6.07, 6.45) is 0. The van der Waals surface area contributed by atoms with Crippen LogP contribution in [0.25, 0.3) is 0 Å². The van der Waals surface area contributed by atoms with Gasteiger partial charge in [0.15, 0.2) is 0 Å². The van der Waals surface area contributed by atoms with Crippen LogP contribution in [0.5, 0.6) is 0 Å². The molecule has 0 aromatic heterocycles. The summed E-state index contributed by atoms with van der Waals surface area (Å²) in [7, 11) is 1.36. The third-order valence-corrected chi connectivity index (χ3v) is 3.93. The van der Waals surface area contributed by atoms with Gasteiger partial charge in [-0.3, -0.25) is 0 Å². The van der Waals surface area contributed by atoms with Gasteiger partial charge in [-0.1, -0.05) is 15.9 Å². The highest BCUT2D eigenvalue weighted by Crippen LogP contribution is 2.24. The molecule has 0 amide bonds. The van der Waals surface area contributed by atoms with Gasteiger partial charge in [0.25, 0.3) is 9.05 Å². The average molecular weight is 309 g/mol. The zero-order valence-corrected chi connectivity index (χ0v) is 10.9. The highest BCUT2D eigenvalue weighted by molar-refractivity contribution is 9.08. The number of aryl methyl sites for hydroxylation is 1. The van der Waals surface area contributed by atoms with Crippen LogP contribution in [0.3, 0.4) is 0 Å². The fraction of sp³-hybridized carbons (Fsp3) is 0.222. The molecule has 0 saturated carbocycles. The summed E-state index contributed by atoms with van der Waals surface area (Å²) in [5.74, 6) is 0. The molecule has 0 aliphatic heterocycles. The molecule has 1 rings (SSSR count). The highest BCUT2D eigenvalue weighted by atomic mass is 79.9. The molecule has 0 spiro atoms. The van der Waals surface area contributed by atoms with Crippen LogP contribution in [-0.2, 0) is 14.4 Å². The quantitative estimate of drug-likeness (QED) is 0.623. The third-order valence-electron chi connectivity index (χ3n) is 1.97. The number of halogens is 2. The molecule has 15 heavy (non-hydrogen) atoms. The number of nitriles is 1. The zero-order chi connectivity index (χ0) is 11.6. The Hall–Kier alpha value is -0.570. The summed E-state index contributed by atoms with van der Waals surface area (Å²) < 4.78 is 22.3. The van der Waals surface area contributed by atoms with E-state index in [4.69, 9.17) is 15.9 Å². The Labute approximate surface area is 101 Å². The molecule has 0 aliphatic carbocycles. The van der Waals surface area contributed by atoms with Gasteiger partial charge < -0.3 is 0 Å². The fourth-order valence-corrected chi connectivity index (χ4v) is 2.83. The molecule has 0 unspecified atom stereocenters. The molecule has 6 heteroatoms. The summed E-state index contributed by atoms with van der Waals surface area (Å²) in [5, 5.41) is 9.37. The van der Waals surface area contributed by atoms with Crippen molar-refractivity contribution in [3.63, 3.8) is 0 Å². The fourth-order valence-electron chi connectivity index (χ4n) is 1.16. The standard InChI is InChI=1S/C9H7BrClNO2S/c1-6-2-9(15(11,13)14)8(5-12)3-7(6)4-10/h2-3H,4H2,1H3. The monoisotopic (exact) mass is 307 g/mol. The van der Waals surface area contributed by atoms with Gasteiger partial charge in [0.2, 0.25) is 0 Å². The molecule has 0 N–H and O–H groups in total. The Balaban J connectivity index is 3.57. The molecule has 1 aromatic carbocycles. The maximum Gasteiger partial charge on any atom is 0.262 e. The number of nitrogens with zero attached hydrogens (tertiary/aromatic N) is 1. The van der Waals surface area contributed by atoms with E-state index in [0.717, 1.165) is 11.1 Å². The molecule has 0 atom stereocenters. The minimum atomic E-state index is -3.86. The van der Waals surface area contributed by atoms with E-state index in [1.54, 1.807) is 6.92 Å². The maximum absolute atomic E-state index is 11.2. The van der Waals surface area contributed by atoms with Crippen molar-refractivity contribution < 1.29 is 8.42 Å². The average Bonchev–Trinajstić information content (AvgIpc) is 2.16. The minimum absolute atomic E-state index is 0.0741. The predicted molar refractivity (Wildman–Crippen MR) is 61.6 cm³/mol. The van der Waals surface area contributed by atoms with E-state index in [1.165, 1.54) is 12.1 Å². The lowest BCUT2D eigenvalue weighted by molar-refractivity contribution is 0.609. The van der Waals surface area contributed by atoms with E-state index in [1.807, 2.05) is 6.07 Å². The van der Waals surface area contributed by atoms with Crippen LogP contribution >= 0.6 is 26.6 Å². The SMILES string of the molecule is Cc1cc(S(=O)(=O)Cl)c(C#N)cc1CBr. The van der Waals surface area contributed by atoms with Crippen LogP contribution in [0.2, 0.25) is 0 Å². The molecule has 3 nitrogen and oxygen atoms in total. The Morgan fingerprint density at radius 3 is 2.53 bits per heavy atom. The van der Waals surface area contributed by atoms with Gasteiger partial charge in [0.1, 0.15) is 11.0 Å². The van der Waals surface area contributed by atoms with Crippen molar-refractivity contribution in [3.05, 3.63) is 28.8 Å². The minimum Gasteiger partial charge on any atom is -0.207 e. The van der Waals surface area contributed by atoms with Crippen molar-refractivity contribution in [2.45, 2.75) is 17.1 Å². The Morgan fingerprint density at radius 1 is 1.53 bits per heavy atom. The highest BCUT2D eigenvalue weighted by Gasteiger charge is 2.17. The number of hydrogen-bond donors (Lipinski definition) is 0. The molecule has 0 saturated heterocycles. The topological polar surface area (TPSA) is 57.9 Å². The number of rotatable bonds is 2. The molecule has 80 valence electrons. The van der Waals surface area contributed by atoms with E-state index >= 15 is 0 Å².